The van der Waals surface area contributed by atoms with E-state index in [9.17, 15) is 14.9 Å². The fourth-order valence-corrected chi connectivity index (χ4v) is 3.72. The van der Waals surface area contributed by atoms with Gasteiger partial charge < -0.3 is 0 Å². The summed E-state index contributed by atoms with van der Waals surface area (Å²) in [5, 5.41) is 9.35. The van der Waals surface area contributed by atoms with Crippen LogP contribution < -0.4 is 0 Å². The van der Waals surface area contributed by atoms with E-state index in [4.69, 9.17) is 0 Å². The van der Waals surface area contributed by atoms with Crippen LogP contribution >= 0.6 is 11.8 Å². The van der Waals surface area contributed by atoms with Gasteiger partial charge in [-0.3, -0.25) is 14.5 Å². The second-order valence-corrected chi connectivity index (χ2v) is 6.21. The monoisotopic (exact) mass is 287 g/mol. The van der Waals surface area contributed by atoms with Crippen LogP contribution in [0.2, 0.25) is 0 Å². The van der Waals surface area contributed by atoms with Gasteiger partial charge in [-0.25, -0.2) is 4.98 Å². The van der Waals surface area contributed by atoms with Crippen LogP contribution in [0.15, 0.2) is 11.1 Å². The number of nitriles is 1. The van der Waals surface area contributed by atoms with Gasteiger partial charge in [-0.15, -0.1) is 0 Å². The lowest BCUT2D eigenvalue weighted by Crippen LogP contribution is -2.26. The highest BCUT2D eigenvalue weighted by molar-refractivity contribution is 8.00. The fourth-order valence-electron chi connectivity index (χ4n) is 2.57. The number of hydrogen-bond donors (Lipinski definition) is 0. The molecule has 3 rings (SSSR count). The third-order valence-corrected chi connectivity index (χ3v) is 4.92. The Kier molecular flexibility index (Phi) is 3.22. The Labute approximate surface area is 121 Å². The molecule has 0 radical (unpaired) electrons. The molecular formula is C14H13N3O2S. The number of nitrogens with zero attached hydrogens (tertiary/aromatic N) is 3. The standard InChI is InChI=1S/C14H13N3O2S/c1-17-12(18)6-11(14(17)19)20-13-9(7-15)5-8-3-2-4-10(8)16-13/h5,11H,2-4,6H2,1H3. The molecule has 2 aliphatic rings. The number of hydrogen-bond acceptors (Lipinski definition) is 5. The van der Waals surface area contributed by atoms with Crippen LogP contribution in [-0.2, 0) is 22.4 Å². The molecule has 1 aliphatic heterocycles. The van der Waals surface area contributed by atoms with Crippen LogP contribution in [0.3, 0.4) is 0 Å². The molecule has 0 spiro atoms. The molecule has 6 heteroatoms. The van der Waals surface area contributed by atoms with Crippen LogP contribution in [0.4, 0.5) is 0 Å². The summed E-state index contributed by atoms with van der Waals surface area (Å²) in [4.78, 5) is 29.1. The predicted octanol–water partition coefficient (Wildman–Crippen LogP) is 1.29. The van der Waals surface area contributed by atoms with E-state index in [1.165, 1.54) is 18.8 Å². The van der Waals surface area contributed by atoms with Gasteiger partial charge in [0.2, 0.25) is 11.8 Å². The van der Waals surface area contributed by atoms with Crippen molar-refractivity contribution < 1.29 is 9.59 Å². The van der Waals surface area contributed by atoms with E-state index in [-0.39, 0.29) is 18.2 Å². The van der Waals surface area contributed by atoms with Gasteiger partial charge in [0.15, 0.2) is 0 Å². The van der Waals surface area contributed by atoms with Crippen molar-refractivity contribution in [2.24, 2.45) is 0 Å². The highest BCUT2D eigenvalue weighted by Gasteiger charge is 2.37. The zero-order valence-electron chi connectivity index (χ0n) is 11.0. The molecule has 0 N–H and O–H groups in total. The topological polar surface area (TPSA) is 74.1 Å². The summed E-state index contributed by atoms with van der Waals surface area (Å²) in [5.41, 5.74) is 2.67. The smallest absolute Gasteiger partial charge is 0.242 e. The number of amides is 2. The third kappa shape index (κ3) is 2.08. The first-order chi connectivity index (χ1) is 9.60. The van der Waals surface area contributed by atoms with Gasteiger partial charge in [0.1, 0.15) is 11.1 Å². The van der Waals surface area contributed by atoms with E-state index in [1.54, 1.807) is 0 Å². The number of carbonyl (C=O) groups is 2. The minimum Gasteiger partial charge on any atom is -0.285 e. The van der Waals surface area contributed by atoms with Gasteiger partial charge in [-0.1, -0.05) is 11.8 Å². The quantitative estimate of drug-likeness (QED) is 0.766. The van der Waals surface area contributed by atoms with Crippen LogP contribution in [-0.4, -0.2) is 34.0 Å². The number of aromatic nitrogens is 1. The van der Waals surface area contributed by atoms with Gasteiger partial charge in [0.25, 0.3) is 0 Å². The number of rotatable bonds is 2. The molecule has 1 aromatic heterocycles. The lowest BCUT2D eigenvalue weighted by molar-refractivity contribution is -0.136. The highest BCUT2D eigenvalue weighted by atomic mass is 32.2. The molecule has 20 heavy (non-hydrogen) atoms. The number of likely N-dealkylation sites (tertiary alicyclic amines) is 1. The van der Waals surface area contributed by atoms with Crippen molar-refractivity contribution in [1.82, 2.24) is 9.88 Å². The number of pyridine rings is 1. The van der Waals surface area contributed by atoms with Crippen molar-refractivity contribution in [2.45, 2.75) is 36.0 Å². The molecule has 5 nitrogen and oxygen atoms in total. The molecule has 102 valence electrons. The predicted molar refractivity (Wildman–Crippen MR) is 73.0 cm³/mol. The van der Waals surface area contributed by atoms with Crippen molar-refractivity contribution in [2.75, 3.05) is 7.05 Å². The second kappa shape index (κ2) is 4.91. The largest absolute Gasteiger partial charge is 0.285 e. The van der Waals surface area contributed by atoms with Gasteiger partial charge in [0, 0.05) is 19.2 Å². The van der Waals surface area contributed by atoms with Gasteiger partial charge >= 0.3 is 0 Å². The number of imide groups is 1. The van der Waals surface area contributed by atoms with Gasteiger partial charge in [-0.2, -0.15) is 5.26 Å². The van der Waals surface area contributed by atoms with E-state index in [0.717, 1.165) is 35.4 Å². The minimum atomic E-state index is -0.452. The molecule has 0 aromatic carbocycles. The van der Waals surface area contributed by atoms with E-state index in [2.05, 4.69) is 11.1 Å². The third-order valence-electron chi connectivity index (χ3n) is 3.73. The lowest BCUT2D eigenvalue weighted by Gasteiger charge is -2.10. The second-order valence-electron chi connectivity index (χ2n) is 5.01. The maximum atomic E-state index is 11.9. The molecule has 1 aliphatic carbocycles. The van der Waals surface area contributed by atoms with E-state index < -0.39 is 5.25 Å². The zero-order valence-corrected chi connectivity index (χ0v) is 11.9. The van der Waals surface area contributed by atoms with Crippen molar-refractivity contribution in [3.8, 4) is 6.07 Å². The van der Waals surface area contributed by atoms with E-state index in [1.807, 2.05) is 6.07 Å². The average Bonchev–Trinajstić information content (AvgIpc) is 2.98. The molecule has 0 saturated carbocycles. The van der Waals surface area contributed by atoms with Crippen molar-refractivity contribution in [3.63, 3.8) is 0 Å². The Hall–Kier alpha value is -1.87. The van der Waals surface area contributed by atoms with Crippen LogP contribution in [0.1, 0.15) is 29.7 Å². The van der Waals surface area contributed by atoms with Crippen LogP contribution in [0.5, 0.6) is 0 Å². The maximum absolute atomic E-state index is 11.9. The molecule has 0 bridgehead atoms. The fraction of sp³-hybridized carbons (Fsp3) is 0.429. The highest BCUT2D eigenvalue weighted by Crippen LogP contribution is 2.34. The number of carbonyl (C=O) groups excluding carboxylic acids is 2. The molecule has 1 unspecified atom stereocenters. The van der Waals surface area contributed by atoms with Crippen LogP contribution in [0.25, 0.3) is 0 Å². The Morgan fingerprint density at radius 3 is 2.90 bits per heavy atom. The molecule has 2 heterocycles. The van der Waals surface area contributed by atoms with E-state index >= 15 is 0 Å². The SMILES string of the molecule is CN1C(=O)CC(Sc2nc3c(cc2C#N)CCC3)C1=O. The molecule has 2 amide bonds. The van der Waals surface area contributed by atoms with Gasteiger partial charge in [0.05, 0.1) is 10.8 Å². The molecule has 1 aromatic rings. The van der Waals surface area contributed by atoms with Crippen molar-refractivity contribution in [3.05, 3.63) is 22.9 Å². The summed E-state index contributed by atoms with van der Waals surface area (Å²) in [7, 11) is 1.49. The molecular weight excluding hydrogens is 274 g/mol. The summed E-state index contributed by atoms with van der Waals surface area (Å²) < 4.78 is 0. The first kappa shape index (κ1) is 13.1. The Morgan fingerprint density at radius 1 is 1.45 bits per heavy atom. The summed E-state index contributed by atoms with van der Waals surface area (Å²) in [6.07, 6.45) is 3.13. The van der Waals surface area contributed by atoms with E-state index in [0.29, 0.717) is 10.6 Å². The Balaban J connectivity index is 1.90. The lowest BCUT2D eigenvalue weighted by atomic mass is 10.2. The zero-order chi connectivity index (χ0) is 14.3. The maximum Gasteiger partial charge on any atom is 0.242 e. The van der Waals surface area contributed by atoms with Gasteiger partial charge in [-0.05, 0) is 30.9 Å². The van der Waals surface area contributed by atoms with Crippen LogP contribution in [0, 0.1) is 11.3 Å². The number of thioether (sulfide) groups is 1. The number of aryl methyl sites for hydroxylation is 2. The average molecular weight is 287 g/mol. The summed E-state index contributed by atoms with van der Waals surface area (Å²) >= 11 is 1.24. The first-order valence-electron chi connectivity index (χ1n) is 6.50. The Bertz CT molecular complexity index is 651. The normalized spacial score (nSPS) is 21.2. The summed E-state index contributed by atoms with van der Waals surface area (Å²) in [5.74, 6) is -0.377. The first-order valence-corrected chi connectivity index (χ1v) is 7.38. The Morgan fingerprint density at radius 2 is 2.25 bits per heavy atom. The molecule has 1 fully saturated rings. The summed E-state index contributed by atoms with van der Waals surface area (Å²) in [6.45, 7) is 0. The molecule has 1 atom stereocenters. The van der Waals surface area contributed by atoms with Crippen molar-refractivity contribution >= 4 is 23.6 Å². The summed E-state index contributed by atoms with van der Waals surface area (Å²) in [6, 6.07) is 4.02. The van der Waals surface area contributed by atoms with Crippen molar-refractivity contribution in [1.29, 1.82) is 5.26 Å². The number of fused-ring (bicyclic) bond motifs is 1. The molecule has 1 saturated heterocycles. The minimum absolute atomic E-state index is 0.174.